The highest BCUT2D eigenvalue weighted by Crippen LogP contribution is 2.27. The van der Waals surface area contributed by atoms with Crippen molar-refractivity contribution < 1.29 is 9.84 Å². The van der Waals surface area contributed by atoms with E-state index in [9.17, 15) is 5.11 Å². The first-order chi connectivity index (χ1) is 9.36. The molecule has 0 aliphatic heterocycles. The molecule has 0 aromatic heterocycles. The lowest BCUT2D eigenvalue weighted by atomic mass is 9.98. The van der Waals surface area contributed by atoms with Gasteiger partial charge in [0.05, 0.1) is 0 Å². The molecule has 4 nitrogen and oxygen atoms in total. The van der Waals surface area contributed by atoms with Gasteiger partial charge in [0.15, 0.2) is 0 Å². The lowest BCUT2D eigenvalue weighted by molar-refractivity contribution is 0.0775. The van der Waals surface area contributed by atoms with E-state index in [1.54, 1.807) is 0 Å². The van der Waals surface area contributed by atoms with E-state index in [2.05, 4.69) is 18.7 Å². The van der Waals surface area contributed by atoms with Crippen molar-refractivity contribution in [3.05, 3.63) is 28.8 Å². The average Bonchev–Trinajstić information content (AvgIpc) is 2.39. The number of likely N-dealkylation sites (N-methyl/N-ethyl adjacent to an activating group) is 1. The molecule has 1 aromatic rings. The van der Waals surface area contributed by atoms with Gasteiger partial charge in [-0.15, -0.1) is 0 Å². The second-order valence-corrected chi connectivity index (χ2v) is 5.51. The van der Waals surface area contributed by atoms with Crippen LogP contribution in [0.5, 0.6) is 5.75 Å². The van der Waals surface area contributed by atoms with Crippen LogP contribution < -0.4 is 10.5 Å². The highest BCUT2D eigenvalue weighted by Gasteiger charge is 2.12. The molecule has 0 bridgehead atoms. The highest BCUT2D eigenvalue weighted by atomic mass is 16.5. The molecule has 1 rings (SSSR count). The van der Waals surface area contributed by atoms with Gasteiger partial charge >= 0.3 is 0 Å². The summed E-state index contributed by atoms with van der Waals surface area (Å²) < 4.78 is 5.74. The molecular weight excluding hydrogens is 252 g/mol. The number of ether oxygens (including phenoxy) is 1. The quantitative estimate of drug-likeness (QED) is 0.802. The van der Waals surface area contributed by atoms with Crippen molar-refractivity contribution in [2.24, 2.45) is 5.73 Å². The number of hydrogen-bond acceptors (Lipinski definition) is 4. The van der Waals surface area contributed by atoms with Gasteiger partial charge in [-0.2, -0.15) is 0 Å². The molecule has 4 heteroatoms. The Morgan fingerprint density at radius 3 is 2.50 bits per heavy atom. The molecule has 1 aromatic carbocycles. The summed E-state index contributed by atoms with van der Waals surface area (Å²) in [5.41, 5.74) is 9.34. The zero-order chi connectivity index (χ0) is 15.3. The zero-order valence-corrected chi connectivity index (χ0v) is 13.3. The van der Waals surface area contributed by atoms with Gasteiger partial charge in [-0.05, 0) is 57.1 Å². The maximum atomic E-state index is 9.93. The van der Waals surface area contributed by atoms with Crippen molar-refractivity contribution >= 4 is 0 Å². The number of benzene rings is 1. The van der Waals surface area contributed by atoms with Gasteiger partial charge in [0.2, 0.25) is 0 Å². The number of hydrogen-bond donors (Lipinski definition) is 2. The minimum absolute atomic E-state index is 0.0199. The standard InChI is InChI=1S/C16H28N2O2/c1-6-18(5)9-14(19)10-20-16-8-7-15(13(4)17)11(2)12(16)3/h7-8,13-14,19H,6,9-10,17H2,1-5H3/t13?,14-/m0/s1. The van der Waals surface area contributed by atoms with E-state index in [1.165, 1.54) is 0 Å². The first-order valence-corrected chi connectivity index (χ1v) is 7.21. The van der Waals surface area contributed by atoms with Crippen LogP contribution >= 0.6 is 0 Å². The molecule has 0 saturated heterocycles. The van der Waals surface area contributed by atoms with Crippen molar-refractivity contribution in [2.45, 2.75) is 39.8 Å². The fraction of sp³-hybridized carbons (Fsp3) is 0.625. The Balaban J connectivity index is 2.67. The third-order valence-electron chi connectivity index (χ3n) is 3.76. The van der Waals surface area contributed by atoms with Crippen LogP contribution in [0.25, 0.3) is 0 Å². The van der Waals surface area contributed by atoms with E-state index in [1.807, 2.05) is 33.0 Å². The molecule has 20 heavy (non-hydrogen) atoms. The van der Waals surface area contributed by atoms with E-state index < -0.39 is 6.10 Å². The topological polar surface area (TPSA) is 58.7 Å². The van der Waals surface area contributed by atoms with Crippen molar-refractivity contribution in [3.8, 4) is 5.75 Å². The van der Waals surface area contributed by atoms with Gasteiger partial charge in [-0.25, -0.2) is 0 Å². The molecule has 3 N–H and O–H groups in total. The van der Waals surface area contributed by atoms with Gasteiger partial charge in [0.1, 0.15) is 18.5 Å². The molecule has 0 saturated carbocycles. The monoisotopic (exact) mass is 280 g/mol. The minimum Gasteiger partial charge on any atom is -0.491 e. The van der Waals surface area contributed by atoms with E-state index in [4.69, 9.17) is 10.5 Å². The number of nitrogens with two attached hydrogens (primary N) is 1. The van der Waals surface area contributed by atoms with Gasteiger partial charge < -0.3 is 20.5 Å². The summed E-state index contributed by atoms with van der Waals surface area (Å²) in [6.45, 7) is 9.97. The molecule has 2 atom stereocenters. The number of nitrogens with zero attached hydrogens (tertiary/aromatic N) is 1. The smallest absolute Gasteiger partial charge is 0.122 e. The van der Waals surface area contributed by atoms with Crippen molar-refractivity contribution in [3.63, 3.8) is 0 Å². The summed E-state index contributed by atoms with van der Waals surface area (Å²) >= 11 is 0. The van der Waals surface area contributed by atoms with Crippen LogP contribution in [-0.4, -0.2) is 42.9 Å². The fourth-order valence-electron chi connectivity index (χ4n) is 2.19. The van der Waals surface area contributed by atoms with Crippen LogP contribution in [0, 0.1) is 13.8 Å². The van der Waals surface area contributed by atoms with E-state index >= 15 is 0 Å². The highest BCUT2D eigenvalue weighted by molar-refractivity contribution is 5.44. The average molecular weight is 280 g/mol. The van der Waals surface area contributed by atoms with Crippen molar-refractivity contribution in [1.82, 2.24) is 4.90 Å². The summed E-state index contributed by atoms with van der Waals surface area (Å²) in [5.74, 6) is 0.824. The van der Waals surface area contributed by atoms with Gasteiger partial charge in [0, 0.05) is 12.6 Å². The van der Waals surface area contributed by atoms with Crippen LogP contribution in [0.1, 0.15) is 36.6 Å². The Bertz CT molecular complexity index is 433. The molecule has 0 aliphatic rings. The van der Waals surface area contributed by atoms with Gasteiger partial charge in [-0.1, -0.05) is 13.0 Å². The SMILES string of the molecule is CCN(C)C[C@H](O)COc1ccc(C(C)N)c(C)c1C. The first-order valence-electron chi connectivity index (χ1n) is 7.21. The fourth-order valence-corrected chi connectivity index (χ4v) is 2.19. The molecule has 0 fully saturated rings. The predicted molar refractivity (Wildman–Crippen MR) is 83.2 cm³/mol. The van der Waals surface area contributed by atoms with Crippen LogP contribution in [0.15, 0.2) is 12.1 Å². The van der Waals surface area contributed by atoms with Gasteiger partial charge in [-0.3, -0.25) is 0 Å². The lowest BCUT2D eigenvalue weighted by Gasteiger charge is -2.21. The van der Waals surface area contributed by atoms with Gasteiger partial charge in [0.25, 0.3) is 0 Å². The molecule has 0 heterocycles. The summed E-state index contributed by atoms with van der Waals surface area (Å²) in [7, 11) is 1.98. The van der Waals surface area contributed by atoms with Crippen LogP contribution in [0.2, 0.25) is 0 Å². The number of aliphatic hydroxyl groups excluding tert-OH is 1. The second kappa shape index (κ2) is 7.62. The first kappa shape index (κ1) is 17.0. The van der Waals surface area contributed by atoms with Crippen LogP contribution in [0.4, 0.5) is 0 Å². The maximum Gasteiger partial charge on any atom is 0.122 e. The normalized spacial score (nSPS) is 14.4. The van der Waals surface area contributed by atoms with Crippen LogP contribution in [-0.2, 0) is 0 Å². The molecular formula is C16H28N2O2. The Morgan fingerprint density at radius 2 is 1.95 bits per heavy atom. The van der Waals surface area contributed by atoms with Crippen molar-refractivity contribution in [1.29, 1.82) is 0 Å². The summed E-state index contributed by atoms with van der Waals surface area (Å²) in [4.78, 5) is 2.06. The number of rotatable bonds is 7. The van der Waals surface area contributed by atoms with E-state index in [0.717, 1.165) is 29.0 Å². The zero-order valence-electron chi connectivity index (χ0n) is 13.3. The minimum atomic E-state index is -0.479. The molecule has 1 unspecified atom stereocenters. The maximum absolute atomic E-state index is 9.93. The van der Waals surface area contributed by atoms with Crippen molar-refractivity contribution in [2.75, 3.05) is 26.7 Å². The molecule has 0 aliphatic carbocycles. The molecule has 114 valence electrons. The lowest BCUT2D eigenvalue weighted by Crippen LogP contribution is -2.33. The Labute approximate surface area is 122 Å². The van der Waals surface area contributed by atoms with Crippen LogP contribution in [0.3, 0.4) is 0 Å². The third kappa shape index (κ3) is 4.47. The molecule has 0 amide bonds. The predicted octanol–water partition coefficient (Wildman–Crippen LogP) is 2.01. The Hall–Kier alpha value is -1.10. The summed E-state index contributed by atoms with van der Waals surface area (Å²) in [5, 5.41) is 9.93. The van der Waals surface area contributed by atoms with E-state index in [0.29, 0.717) is 13.2 Å². The second-order valence-electron chi connectivity index (χ2n) is 5.51. The summed E-state index contributed by atoms with van der Waals surface area (Å²) in [6.07, 6.45) is -0.479. The largest absolute Gasteiger partial charge is 0.491 e. The number of aliphatic hydroxyl groups is 1. The third-order valence-corrected chi connectivity index (χ3v) is 3.76. The summed E-state index contributed by atoms with van der Waals surface area (Å²) in [6, 6.07) is 3.97. The Kier molecular flexibility index (Phi) is 6.46. The molecule has 0 spiro atoms. The molecule has 0 radical (unpaired) electrons. The Morgan fingerprint density at radius 1 is 1.30 bits per heavy atom. The van der Waals surface area contributed by atoms with E-state index in [-0.39, 0.29) is 6.04 Å².